The third kappa shape index (κ3) is 2.62. The molecule has 0 heterocycles. The molecule has 1 aromatic carbocycles. The first-order chi connectivity index (χ1) is 6.63. The zero-order chi connectivity index (χ0) is 10.6. The summed E-state index contributed by atoms with van der Waals surface area (Å²) < 4.78 is 5.31. The number of carbonyl (C=O) groups is 1. The standard InChI is InChI=1S/C11H12O3/c1-3-8(2)14-10-6-4-9(5-7-10)11(12)13/h4-7H,2-3H2,1H3,(H,12,13). The number of carboxylic acid groups (broad SMARTS) is 1. The SMILES string of the molecule is C=C(CC)Oc1ccc(C(=O)O)cc1. The molecule has 0 aliphatic rings. The molecule has 0 aromatic heterocycles. The van der Waals surface area contributed by atoms with Crippen LogP contribution in [0, 0.1) is 0 Å². The third-order valence-electron chi connectivity index (χ3n) is 1.76. The van der Waals surface area contributed by atoms with E-state index in [4.69, 9.17) is 9.84 Å². The summed E-state index contributed by atoms with van der Waals surface area (Å²) in [6.45, 7) is 5.63. The Hall–Kier alpha value is -1.77. The minimum absolute atomic E-state index is 0.250. The fraction of sp³-hybridized carbons (Fsp3) is 0.182. The van der Waals surface area contributed by atoms with E-state index in [9.17, 15) is 4.79 Å². The van der Waals surface area contributed by atoms with Gasteiger partial charge in [-0.05, 0) is 24.3 Å². The Morgan fingerprint density at radius 2 is 2.00 bits per heavy atom. The lowest BCUT2D eigenvalue weighted by atomic mass is 10.2. The number of hydrogen-bond donors (Lipinski definition) is 1. The van der Waals surface area contributed by atoms with Crippen molar-refractivity contribution in [2.45, 2.75) is 13.3 Å². The van der Waals surface area contributed by atoms with Crippen LogP contribution in [0.3, 0.4) is 0 Å². The van der Waals surface area contributed by atoms with Crippen molar-refractivity contribution in [3.63, 3.8) is 0 Å². The van der Waals surface area contributed by atoms with Crippen LogP contribution in [0.5, 0.6) is 5.75 Å². The molecule has 3 nitrogen and oxygen atoms in total. The molecular weight excluding hydrogens is 180 g/mol. The monoisotopic (exact) mass is 192 g/mol. The van der Waals surface area contributed by atoms with Crippen LogP contribution >= 0.6 is 0 Å². The van der Waals surface area contributed by atoms with Gasteiger partial charge < -0.3 is 9.84 Å². The van der Waals surface area contributed by atoms with E-state index in [1.807, 2.05) is 6.92 Å². The normalized spacial score (nSPS) is 9.50. The molecule has 0 aliphatic carbocycles. The number of aromatic carboxylic acids is 1. The predicted octanol–water partition coefficient (Wildman–Crippen LogP) is 2.69. The molecule has 1 rings (SSSR count). The Balaban J connectivity index is 2.73. The van der Waals surface area contributed by atoms with Gasteiger partial charge in [0, 0.05) is 6.42 Å². The smallest absolute Gasteiger partial charge is 0.335 e. The Labute approximate surface area is 82.6 Å². The van der Waals surface area contributed by atoms with Crippen LogP contribution in [0.4, 0.5) is 0 Å². The number of rotatable bonds is 4. The fourth-order valence-corrected chi connectivity index (χ4v) is 0.904. The number of benzene rings is 1. The summed E-state index contributed by atoms with van der Waals surface area (Å²) in [7, 11) is 0. The highest BCUT2D eigenvalue weighted by Gasteiger charge is 2.02. The first kappa shape index (κ1) is 10.3. The molecule has 0 radical (unpaired) electrons. The molecule has 1 aromatic rings. The molecule has 0 spiro atoms. The summed E-state index contributed by atoms with van der Waals surface area (Å²) in [5, 5.41) is 8.65. The first-order valence-corrected chi connectivity index (χ1v) is 4.32. The molecular formula is C11H12O3. The van der Waals surface area contributed by atoms with Gasteiger partial charge in [0.1, 0.15) is 5.75 Å². The zero-order valence-electron chi connectivity index (χ0n) is 7.99. The molecule has 0 bridgehead atoms. The zero-order valence-corrected chi connectivity index (χ0v) is 7.99. The molecule has 0 atom stereocenters. The lowest BCUT2D eigenvalue weighted by Gasteiger charge is -2.06. The van der Waals surface area contributed by atoms with Gasteiger partial charge in [-0.15, -0.1) is 0 Å². The van der Waals surface area contributed by atoms with Gasteiger partial charge in [0.2, 0.25) is 0 Å². The second-order valence-electron chi connectivity index (χ2n) is 2.82. The topological polar surface area (TPSA) is 46.5 Å². The summed E-state index contributed by atoms with van der Waals surface area (Å²) in [6, 6.07) is 6.23. The van der Waals surface area contributed by atoms with Crippen molar-refractivity contribution in [3.05, 3.63) is 42.2 Å². The molecule has 0 aliphatic heterocycles. The summed E-state index contributed by atoms with van der Waals surface area (Å²) in [4.78, 5) is 10.5. The lowest BCUT2D eigenvalue weighted by Crippen LogP contribution is -1.96. The average Bonchev–Trinajstić information content (AvgIpc) is 2.18. The van der Waals surface area contributed by atoms with Crippen LogP contribution in [0.25, 0.3) is 0 Å². The van der Waals surface area contributed by atoms with Gasteiger partial charge in [-0.25, -0.2) is 4.79 Å². The van der Waals surface area contributed by atoms with Crippen LogP contribution in [0.1, 0.15) is 23.7 Å². The van der Waals surface area contributed by atoms with Gasteiger partial charge in [-0.3, -0.25) is 0 Å². The van der Waals surface area contributed by atoms with Crippen molar-refractivity contribution in [1.82, 2.24) is 0 Å². The Morgan fingerprint density at radius 3 is 2.43 bits per heavy atom. The van der Waals surface area contributed by atoms with Crippen molar-refractivity contribution >= 4 is 5.97 Å². The van der Waals surface area contributed by atoms with E-state index < -0.39 is 5.97 Å². The maximum atomic E-state index is 10.5. The van der Waals surface area contributed by atoms with Crippen molar-refractivity contribution in [1.29, 1.82) is 0 Å². The molecule has 74 valence electrons. The molecule has 0 amide bonds. The Morgan fingerprint density at radius 1 is 1.43 bits per heavy atom. The lowest BCUT2D eigenvalue weighted by molar-refractivity contribution is 0.0697. The highest BCUT2D eigenvalue weighted by atomic mass is 16.5. The molecule has 0 saturated carbocycles. The third-order valence-corrected chi connectivity index (χ3v) is 1.76. The van der Waals surface area contributed by atoms with Crippen molar-refractivity contribution in [3.8, 4) is 5.75 Å². The predicted molar refractivity (Wildman–Crippen MR) is 53.5 cm³/mol. The van der Waals surface area contributed by atoms with Crippen molar-refractivity contribution in [2.75, 3.05) is 0 Å². The summed E-state index contributed by atoms with van der Waals surface area (Å²) >= 11 is 0. The molecule has 0 saturated heterocycles. The maximum absolute atomic E-state index is 10.5. The maximum Gasteiger partial charge on any atom is 0.335 e. The molecule has 0 fully saturated rings. The Bertz CT molecular complexity index is 338. The number of carboxylic acids is 1. The Kier molecular flexibility index (Phi) is 3.29. The van der Waals surface area contributed by atoms with Gasteiger partial charge in [-0.1, -0.05) is 13.5 Å². The fourth-order valence-electron chi connectivity index (χ4n) is 0.904. The van der Waals surface area contributed by atoms with E-state index >= 15 is 0 Å². The van der Waals surface area contributed by atoms with Gasteiger partial charge in [-0.2, -0.15) is 0 Å². The number of hydrogen-bond acceptors (Lipinski definition) is 2. The van der Waals surface area contributed by atoms with Crippen molar-refractivity contribution in [2.24, 2.45) is 0 Å². The van der Waals surface area contributed by atoms with Gasteiger partial charge in [0.15, 0.2) is 0 Å². The molecule has 0 unspecified atom stereocenters. The minimum Gasteiger partial charge on any atom is -0.478 e. The van der Waals surface area contributed by atoms with E-state index in [0.29, 0.717) is 11.5 Å². The van der Waals surface area contributed by atoms with Gasteiger partial charge in [0.05, 0.1) is 11.3 Å². The van der Waals surface area contributed by atoms with Crippen LogP contribution in [0.15, 0.2) is 36.6 Å². The quantitative estimate of drug-likeness (QED) is 0.746. The molecule has 3 heteroatoms. The summed E-state index contributed by atoms with van der Waals surface area (Å²) in [6.07, 6.45) is 0.737. The van der Waals surface area contributed by atoms with E-state index in [1.165, 1.54) is 12.1 Å². The van der Waals surface area contributed by atoms with E-state index in [1.54, 1.807) is 12.1 Å². The largest absolute Gasteiger partial charge is 0.478 e. The summed E-state index contributed by atoms with van der Waals surface area (Å²) in [5.74, 6) is 0.334. The van der Waals surface area contributed by atoms with Crippen LogP contribution in [0.2, 0.25) is 0 Å². The van der Waals surface area contributed by atoms with Crippen LogP contribution < -0.4 is 4.74 Å². The number of ether oxygens (including phenoxy) is 1. The molecule has 14 heavy (non-hydrogen) atoms. The number of allylic oxidation sites excluding steroid dienone is 1. The molecule has 1 N–H and O–H groups in total. The van der Waals surface area contributed by atoms with E-state index in [0.717, 1.165) is 6.42 Å². The minimum atomic E-state index is -0.939. The second kappa shape index (κ2) is 4.46. The van der Waals surface area contributed by atoms with Crippen molar-refractivity contribution < 1.29 is 14.6 Å². The van der Waals surface area contributed by atoms with E-state index in [2.05, 4.69) is 6.58 Å². The van der Waals surface area contributed by atoms with E-state index in [-0.39, 0.29) is 5.56 Å². The first-order valence-electron chi connectivity index (χ1n) is 4.32. The summed E-state index contributed by atoms with van der Waals surface area (Å²) in [5.41, 5.74) is 0.250. The second-order valence-corrected chi connectivity index (χ2v) is 2.82. The van der Waals surface area contributed by atoms with Gasteiger partial charge >= 0.3 is 5.97 Å². The highest BCUT2D eigenvalue weighted by Crippen LogP contribution is 2.15. The van der Waals surface area contributed by atoms with Gasteiger partial charge in [0.25, 0.3) is 0 Å². The van der Waals surface area contributed by atoms with Crippen LogP contribution in [-0.4, -0.2) is 11.1 Å². The van der Waals surface area contributed by atoms with Crippen LogP contribution in [-0.2, 0) is 0 Å². The highest BCUT2D eigenvalue weighted by molar-refractivity contribution is 5.87. The average molecular weight is 192 g/mol.